The molecule has 3 rings (SSSR count). The second-order valence-corrected chi connectivity index (χ2v) is 7.58. The lowest BCUT2D eigenvalue weighted by molar-refractivity contribution is -0.141. The summed E-state index contributed by atoms with van der Waals surface area (Å²) in [4.78, 5) is 43.1. The van der Waals surface area contributed by atoms with Gasteiger partial charge in [0.05, 0.1) is 30.5 Å². The maximum absolute atomic E-state index is 13.0. The number of rotatable bonds is 4. The van der Waals surface area contributed by atoms with Crippen LogP contribution in [-0.2, 0) is 14.3 Å². The summed E-state index contributed by atoms with van der Waals surface area (Å²) in [6.45, 7) is 5.56. The number of carbonyl (C=O) groups excluding carboxylic acids is 3. The molecule has 1 aromatic rings. The summed E-state index contributed by atoms with van der Waals surface area (Å²) in [6, 6.07) is 7.01. The minimum absolute atomic E-state index is 0.0130. The first kappa shape index (κ1) is 19.4. The number of hydrogen-bond acceptors (Lipinski definition) is 4. The Labute approximate surface area is 159 Å². The summed E-state index contributed by atoms with van der Waals surface area (Å²) in [5.41, 5.74) is 1.02. The van der Waals surface area contributed by atoms with Gasteiger partial charge in [-0.1, -0.05) is 26.0 Å². The molecule has 0 aliphatic carbocycles. The van der Waals surface area contributed by atoms with Gasteiger partial charge >= 0.3 is 0 Å². The van der Waals surface area contributed by atoms with E-state index in [1.54, 1.807) is 31.3 Å². The molecule has 2 aliphatic rings. The molecule has 1 saturated heterocycles. The van der Waals surface area contributed by atoms with Crippen molar-refractivity contribution in [2.45, 2.75) is 26.3 Å². The van der Waals surface area contributed by atoms with Crippen LogP contribution in [0.4, 0.5) is 5.69 Å². The van der Waals surface area contributed by atoms with Crippen molar-refractivity contribution < 1.29 is 19.1 Å². The number of para-hydroxylation sites is 1. The zero-order valence-corrected chi connectivity index (χ0v) is 16.2. The van der Waals surface area contributed by atoms with Gasteiger partial charge in [0.2, 0.25) is 11.8 Å². The van der Waals surface area contributed by atoms with E-state index in [2.05, 4.69) is 13.8 Å². The molecule has 3 amide bonds. The van der Waals surface area contributed by atoms with Gasteiger partial charge in [-0.05, 0) is 24.5 Å². The Balaban J connectivity index is 1.79. The predicted octanol–water partition coefficient (Wildman–Crippen LogP) is 1.38. The monoisotopic (exact) mass is 373 g/mol. The molecule has 7 heteroatoms. The van der Waals surface area contributed by atoms with Gasteiger partial charge in [-0.2, -0.15) is 0 Å². The number of fused-ring (bicyclic) bond motifs is 1. The third kappa shape index (κ3) is 4.13. The summed E-state index contributed by atoms with van der Waals surface area (Å²) in [5.74, 6) is -0.187. The standard InChI is InChI=1S/C20H27N3O4/c1-14(2)10-15-13-27-9-8-23(15)19(25)12-22-11-18(24)21(3)17-7-5-4-6-16(17)20(22)26/h4-7,14-15H,8-13H2,1-3H3/t15-/m0/s1. The molecule has 7 nitrogen and oxygen atoms in total. The van der Waals surface area contributed by atoms with Crippen LogP contribution in [0.25, 0.3) is 0 Å². The van der Waals surface area contributed by atoms with Crippen LogP contribution in [0.3, 0.4) is 0 Å². The van der Waals surface area contributed by atoms with Crippen LogP contribution in [0.1, 0.15) is 30.6 Å². The van der Waals surface area contributed by atoms with Crippen LogP contribution in [0.2, 0.25) is 0 Å². The molecular formula is C20H27N3O4. The van der Waals surface area contributed by atoms with Crippen molar-refractivity contribution in [3.05, 3.63) is 29.8 Å². The van der Waals surface area contributed by atoms with Crippen molar-refractivity contribution in [1.82, 2.24) is 9.80 Å². The molecule has 2 heterocycles. The summed E-state index contributed by atoms with van der Waals surface area (Å²) in [7, 11) is 1.65. The van der Waals surface area contributed by atoms with Gasteiger partial charge in [0.1, 0.15) is 13.1 Å². The molecule has 146 valence electrons. The van der Waals surface area contributed by atoms with E-state index in [1.165, 1.54) is 9.80 Å². The van der Waals surface area contributed by atoms with Crippen LogP contribution >= 0.6 is 0 Å². The Morgan fingerprint density at radius 2 is 2.00 bits per heavy atom. The van der Waals surface area contributed by atoms with E-state index in [1.807, 2.05) is 4.90 Å². The van der Waals surface area contributed by atoms with E-state index in [4.69, 9.17) is 4.74 Å². The number of likely N-dealkylation sites (N-methyl/N-ethyl adjacent to an activating group) is 1. The quantitative estimate of drug-likeness (QED) is 0.800. The van der Waals surface area contributed by atoms with Gasteiger partial charge in [0.25, 0.3) is 5.91 Å². The molecular weight excluding hydrogens is 346 g/mol. The van der Waals surface area contributed by atoms with Gasteiger partial charge in [-0.25, -0.2) is 0 Å². The molecule has 27 heavy (non-hydrogen) atoms. The fourth-order valence-corrected chi connectivity index (χ4v) is 3.70. The Hall–Kier alpha value is -2.41. The van der Waals surface area contributed by atoms with Crippen LogP contribution in [-0.4, -0.2) is 73.5 Å². The highest BCUT2D eigenvalue weighted by Crippen LogP contribution is 2.24. The second kappa shape index (κ2) is 8.08. The molecule has 1 fully saturated rings. The van der Waals surface area contributed by atoms with Gasteiger partial charge in [-0.3, -0.25) is 14.4 Å². The summed E-state index contributed by atoms with van der Waals surface area (Å²) < 4.78 is 5.54. The Morgan fingerprint density at radius 3 is 2.74 bits per heavy atom. The first-order chi connectivity index (χ1) is 12.9. The van der Waals surface area contributed by atoms with Gasteiger partial charge < -0.3 is 19.4 Å². The fraction of sp³-hybridized carbons (Fsp3) is 0.550. The zero-order valence-electron chi connectivity index (χ0n) is 16.2. The Morgan fingerprint density at radius 1 is 1.26 bits per heavy atom. The number of nitrogens with zero attached hydrogens (tertiary/aromatic N) is 3. The normalized spacial score (nSPS) is 20.7. The first-order valence-corrected chi connectivity index (χ1v) is 9.40. The van der Waals surface area contributed by atoms with Gasteiger partial charge in [0, 0.05) is 13.6 Å². The molecule has 0 saturated carbocycles. The van der Waals surface area contributed by atoms with Crippen molar-refractivity contribution in [3.8, 4) is 0 Å². The molecule has 0 unspecified atom stereocenters. The topological polar surface area (TPSA) is 70.2 Å². The molecule has 0 aromatic heterocycles. The van der Waals surface area contributed by atoms with Crippen molar-refractivity contribution in [2.75, 3.05) is 44.8 Å². The van der Waals surface area contributed by atoms with E-state index in [-0.39, 0.29) is 36.9 Å². The lowest BCUT2D eigenvalue weighted by Crippen LogP contribution is -2.53. The Bertz CT molecular complexity index is 734. The molecule has 2 aliphatic heterocycles. The average molecular weight is 373 g/mol. The number of morpholine rings is 1. The highest BCUT2D eigenvalue weighted by Gasteiger charge is 2.34. The van der Waals surface area contributed by atoms with Crippen molar-refractivity contribution >= 4 is 23.4 Å². The zero-order chi connectivity index (χ0) is 19.6. The van der Waals surface area contributed by atoms with Crippen LogP contribution in [0.5, 0.6) is 0 Å². The molecule has 0 bridgehead atoms. The molecule has 1 atom stereocenters. The van der Waals surface area contributed by atoms with E-state index < -0.39 is 0 Å². The van der Waals surface area contributed by atoms with Crippen molar-refractivity contribution in [3.63, 3.8) is 0 Å². The van der Waals surface area contributed by atoms with E-state index in [0.717, 1.165) is 6.42 Å². The van der Waals surface area contributed by atoms with Gasteiger partial charge in [-0.15, -0.1) is 0 Å². The minimum Gasteiger partial charge on any atom is -0.377 e. The summed E-state index contributed by atoms with van der Waals surface area (Å²) in [5, 5.41) is 0. The number of carbonyl (C=O) groups is 3. The maximum atomic E-state index is 13.0. The smallest absolute Gasteiger partial charge is 0.256 e. The molecule has 0 radical (unpaired) electrons. The SMILES string of the molecule is CC(C)C[C@H]1COCCN1C(=O)CN1CC(=O)N(C)c2ccccc2C1=O. The third-order valence-corrected chi connectivity index (χ3v) is 5.10. The van der Waals surface area contributed by atoms with Crippen molar-refractivity contribution in [2.24, 2.45) is 5.92 Å². The third-order valence-electron chi connectivity index (χ3n) is 5.10. The highest BCUT2D eigenvalue weighted by molar-refractivity contribution is 6.10. The summed E-state index contributed by atoms with van der Waals surface area (Å²) >= 11 is 0. The van der Waals surface area contributed by atoms with E-state index in [9.17, 15) is 14.4 Å². The number of amides is 3. The average Bonchev–Trinajstić information content (AvgIpc) is 2.73. The van der Waals surface area contributed by atoms with Gasteiger partial charge in [0.15, 0.2) is 0 Å². The number of ether oxygens (including phenoxy) is 1. The lowest BCUT2D eigenvalue weighted by Gasteiger charge is -2.37. The molecule has 0 spiro atoms. The Kier molecular flexibility index (Phi) is 5.79. The minimum atomic E-state index is -0.287. The largest absolute Gasteiger partial charge is 0.377 e. The fourth-order valence-electron chi connectivity index (χ4n) is 3.70. The van der Waals surface area contributed by atoms with Crippen molar-refractivity contribution in [1.29, 1.82) is 0 Å². The second-order valence-electron chi connectivity index (χ2n) is 7.58. The number of benzene rings is 1. The summed E-state index contributed by atoms with van der Waals surface area (Å²) in [6.07, 6.45) is 0.851. The van der Waals surface area contributed by atoms with Crippen LogP contribution < -0.4 is 4.90 Å². The van der Waals surface area contributed by atoms with E-state index in [0.29, 0.717) is 36.9 Å². The molecule has 1 aromatic carbocycles. The first-order valence-electron chi connectivity index (χ1n) is 9.40. The number of anilines is 1. The maximum Gasteiger partial charge on any atom is 0.256 e. The highest BCUT2D eigenvalue weighted by atomic mass is 16.5. The van der Waals surface area contributed by atoms with Crippen LogP contribution in [0, 0.1) is 5.92 Å². The van der Waals surface area contributed by atoms with Crippen LogP contribution in [0.15, 0.2) is 24.3 Å². The predicted molar refractivity (Wildman–Crippen MR) is 102 cm³/mol. The van der Waals surface area contributed by atoms with E-state index >= 15 is 0 Å². The number of hydrogen-bond donors (Lipinski definition) is 0. The molecule has 0 N–H and O–H groups in total. The lowest BCUT2D eigenvalue weighted by atomic mass is 10.0.